The van der Waals surface area contributed by atoms with Crippen LogP contribution in [0.1, 0.15) is 43.6 Å². The van der Waals surface area contributed by atoms with E-state index < -0.39 is 0 Å². The summed E-state index contributed by atoms with van der Waals surface area (Å²) in [5, 5.41) is 15.4. The Bertz CT molecular complexity index is 559. The lowest BCUT2D eigenvalue weighted by molar-refractivity contribution is 0.393. The van der Waals surface area contributed by atoms with E-state index in [0.29, 0.717) is 11.9 Å². The molecule has 0 unspecified atom stereocenters. The van der Waals surface area contributed by atoms with Crippen molar-refractivity contribution in [1.29, 1.82) is 0 Å². The Morgan fingerprint density at radius 2 is 1.90 bits per heavy atom. The Kier molecular flexibility index (Phi) is 3.83. The Balaban J connectivity index is 2.02. The second-order valence-electron chi connectivity index (χ2n) is 6.22. The van der Waals surface area contributed by atoms with E-state index in [1.807, 2.05) is 25.8 Å². The molecule has 0 spiro atoms. The largest absolute Gasteiger partial charge is 0.407 e. The molecule has 0 aliphatic carbocycles. The van der Waals surface area contributed by atoms with Crippen molar-refractivity contribution in [1.82, 2.24) is 20.4 Å². The van der Waals surface area contributed by atoms with Crippen LogP contribution >= 0.6 is 0 Å². The van der Waals surface area contributed by atoms with Crippen molar-refractivity contribution in [3.05, 3.63) is 22.8 Å². The summed E-state index contributed by atoms with van der Waals surface area (Å²) in [5.41, 5.74) is 3.31. The molecular weight excluding hydrogens is 254 g/mol. The maximum Gasteiger partial charge on any atom is 0.317 e. The van der Waals surface area contributed by atoms with Gasteiger partial charge in [0.2, 0.25) is 5.89 Å². The molecule has 2 aromatic heterocycles. The highest BCUT2D eigenvalue weighted by Crippen LogP contribution is 2.23. The molecule has 2 rings (SSSR count). The van der Waals surface area contributed by atoms with Crippen molar-refractivity contribution in [2.75, 3.05) is 18.5 Å². The summed E-state index contributed by atoms with van der Waals surface area (Å²) in [5.74, 6) is 0.662. The van der Waals surface area contributed by atoms with Crippen LogP contribution in [0, 0.1) is 13.8 Å². The van der Waals surface area contributed by atoms with E-state index in [9.17, 15) is 0 Å². The van der Waals surface area contributed by atoms with Gasteiger partial charge in [0.25, 0.3) is 0 Å². The number of H-pyrrole nitrogens is 1. The molecule has 0 aliphatic heterocycles. The Morgan fingerprint density at radius 3 is 2.40 bits per heavy atom. The van der Waals surface area contributed by atoms with E-state index in [1.54, 1.807) is 0 Å². The number of likely N-dealkylation sites (N-methyl/N-ethyl adjacent to an activating group) is 1. The zero-order valence-corrected chi connectivity index (χ0v) is 13.1. The van der Waals surface area contributed by atoms with Crippen molar-refractivity contribution in [3.8, 4) is 0 Å². The molecule has 0 atom stereocenters. The third kappa shape index (κ3) is 3.00. The van der Waals surface area contributed by atoms with Gasteiger partial charge < -0.3 is 9.32 Å². The topological polar surface area (TPSA) is 70.8 Å². The van der Waals surface area contributed by atoms with E-state index in [-0.39, 0.29) is 5.41 Å². The van der Waals surface area contributed by atoms with Crippen LogP contribution in [-0.4, -0.2) is 34.0 Å². The van der Waals surface area contributed by atoms with Crippen molar-refractivity contribution in [2.24, 2.45) is 0 Å². The van der Waals surface area contributed by atoms with Gasteiger partial charge in [-0.05, 0) is 25.8 Å². The molecule has 6 heteroatoms. The van der Waals surface area contributed by atoms with Gasteiger partial charge in [-0.3, -0.25) is 5.10 Å². The van der Waals surface area contributed by atoms with Crippen LogP contribution in [0.5, 0.6) is 0 Å². The van der Waals surface area contributed by atoms with Gasteiger partial charge in [0.15, 0.2) is 0 Å². The number of aromatic amines is 1. The van der Waals surface area contributed by atoms with Gasteiger partial charge in [-0.1, -0.05) is 25.9 Å². The Morgan fingerprint density at radius 1 is 1.20 bits per heavy atom. The third-order valence-corrected chi connectivity index (χ3v) is 3.36. The average molecular weight is 277 g/mol. The number of anilines is 1. The summed E-state index contributed by atoms with van der Waals surface area (Å²) in [6.07, 6.45) is 0.901. The van der Waals surface area contributed by atoms with Gasteiger partial charge >= 0.3 is 6.01 Å². The minimum absolute atomic E-state index is 0.121. The highest BCUT2D eigenvalue weighted by molar-refractivity contribution is 5.27. The van der Waals surface area contributed by atoms with Crippen LogP contribution < -0.4 is 4.90 Å². The molecule has 0 aliphatic rings. The zero-order chi connectivity index (χ0) is 14.9. The van der Waals surface area contributed by atoms with Crippen molar-refractivity contribution in [3.63, 3.8) is 0 Å². The number of nitrogens with zero attached hydrogens (tertiary/aromatic N) is 4. The van der Waals surface area contributed by atoms with Gasteiger partial charge in [0, 0.05) is 24.7 Å². The minimum Gasteiger partial charge on any atom is -0.407 e. The smallest absolute Gasteiger partial charge is 0.317 e. The summed E-state index contributed by atoms with van der Waals surface area (Å²) in [7, 11) is 1.96. The molecule has 110 valence electrons. The molecule has 6 nitrogen and oxygen atoms in total. The molecule has 1 N–H and O–H groups in total. The van der Waals surface area contributed by atoms with Crippen LogP contribution in [0.25, 0.3) is 0 Å². The molecule has 0 bridgehead atoms. The number of aromatic nitrogens is 4. The lowest BCUT2D eigenvalue weighted by Gasteiger charge is -2.15. The molecule has 0 radical (unpaired) electrons. The van der Waals surface area contributed by atoms with Crippen molar-refractivity contribution in [2.45, 2.75) is 46.5 Å². The lowest BCUT2D eigenvalue weighted by Crippen LogP contribution is -2.21. The summed E-state index contributed by atoms with van der Waals surface area (Å²) < 4.78 is 5.72. The monoisotopic (exact) mass is 277 g/mol. The predicted molar refractivity (Wildman–Crippen MR) is 78.0 cm³/mol. The molecule has 20 heavy (non-hydrogen) atoms. The maximum atomic E-state index is 5.72. The molecular formula is C14H23N5O. The van der Waals surface area contributed by atoms with Crippen LogP contribution in [0.2, 0.25) is 0 Å². The highest BCUT2D eigenvalue weighted by Gasteiger charge is 2.22. The van der Waals surface area contributed by atoms with Crippen molar-refractivity contribution < 1.29 is 4.42 Å². The first-order valence-electron chi connectivity index (χ1n) is 6.84. The van der Waals surface area contributed by atoms with E-state index in [4.69, 9.17) is 4.42 Å². The first-order valence-corrected chi connectivity index (χ1v) is 6.84. The summed E-state index contributed by atoms with van der Waals surface area (Å²) in [6, 6.07) is 0.564. The molecule has 0 saturated carbocycles. The number of hydrogen-bond acceptors (Lipinski definition) is 5. The molecule has 0 aromatic carbocycles. The van der Waals surface area contributed by atoms with Gasteiger partial charge in [0.05, 0.1) is 5.69 Å². The average Bonchev–Trinajstić information content (AvgIpc) is 2.95. The fourth-order valence-electron chi connectivity index (χ4n) is 1.99. The summed E-state index contributed by atoms with van der Waals surface area (Å²) >= 11 is 0. The fraction of sp³-hybridized carbons (Fsp3) is 0.643. The second kappa shape index (κ2) is 5.26. The normalized spacial score (nSPS) is 11.9. The van der Waals surface area contributed by atoms with Gasteiger partial charge in [0.1, 0.15) is 0 Å². The highest BCUT2D eigenvalue weighted by atomic mass is 16.4. The summed E-state index contributed by atoms with van der Waals surface area (Å²) in [4.78, 5) is 1.98. The number of nitrogens with one attached hydrogen (secondary N) is 1. The quantitative estimate of drug-likeness (QED) is 0.929. The van der Waals surface area contributed by atoms with E-state index in [1.165, 1.54) is 5.56 Å². The molecule has 0 fully saturated rings. The van der Waals surface area contributed by atoms with Gasteiger partial charge in [-0.15, -0.1) is 5.10 Å². The van der Waals surface area contributed by atoms with Gasteiger partial charge in [-0.25, -0.2) is 0 Å². The first-order chi connectivity index (χ1) is 9.29. The van der Waals surface area contributed by atoms with E-state index in [2.05, 4.69) is 41.2 Å². The minimum atomic E-state index is -0.121. The SMILES string of the molecule is Cc1n[nH]c(C)c1CCN(C)c1nnc(C(C)(C)C)o1. The van der Waals surface area contributed by atoms with E-state index >= 15 is 0 Å². The number of hydrogen-bond donors (Lipinski definition) is 1. The Hall–Kier alpha value is -1.85. The standard InChI is InChI=1S/C14H23N5O/c1-9-11(10(2)16-15-9)7-8-19(6)13-18-17-12(20-13)14(3,4)5/h7-8H2,1-6H3,(H,15,16). The van der Waals surface area contributed by atoms with Crippen LogP contribution in [0.4, 0.5) is 6.01 Å². The van der Waals surface area contributed by atoms with E-state index in [0.717, 1.165) is 24.4 Å². The van der Waals surface area contributed by atoms with Gasteiger partial charge in [-0.2, -0.15) is 5.10 Å². The first kappa shape index (κ1) is 14.6. The third-order valence-electron chi connectivity index (χ3n) is 3.36. The lowest BCUT2D eigenvalue weighted by atomic mass is 9.97. The summed E-state index contributed by atoms with van der Waals surface area (Å²) in [6.45, 7) is 11.0. The molecule has 0 amide bonds. The van der Waals surface area contributed by atoms with Crippen molar-refractivity contribution >= 4 is 6.01 Å². The Labute approximate surface area is 119 Å². The van der Waals surface area contributed by atoms with Crippen LogP contribution in [-0.2, 0) is 11.8 Å². The molecule has 0 saturated heterocycles. The van der Waals surface area contributed by atoms with Crippen LogP contribution in [0.15, 0.2) is 4.42 Å². The van der Waals surface area contributed by atoms with Crippen LogP contribution in [0.3, 0.4) is 0 Å². The predicted octanol–water partition coefficient (Wildman–Crippen LogP) is 2.39. The second-order valence-corrected chi connectivity index (χ2v) is 6.22. The zero-order valence-electron chi connectivity index (χ0n) is 13.1. The number of aryl methyl sites for hydroxylation is 2. The molecule has 2 aromatic rings. The number of rotatable bonds is 4. The molecule has 2 heterocycles. The maximum absolute atomic E-state index is 5.72. The fourth-order valence-corrected chi connectivity index (χ4v) is 1.99.